The van der Waals surface area contributed by atoms with Crippen LogP contribution in [0, 0.1) is 0 Å². The van der Waals surface area contributed by atoms with Crippen molar-refractivity contribution in [2.45, 2.75) is 26.0 Å². The van der Waals surface area contributed by atoms with Crippen molar-refractivity contribution in [3.05, 3.63) is 36.2 Å². The lowest BCUT2D eigenvalue weighted by Crippen LogP contribution is -2.07. The summed E-state index contributed by atoms with van der Waals surface area (Å²) < 4.78 is 3.71. The molecule has 0 saturated heterocycles. The fraction of sp³-hybridized carbons (Fsp3) is 0.455. The average molecular weight is 220 g/mol. The first kappa shape index (κ1) is 10.9. The van der Waals surface area contributed by atoms with Crippen LogP contribution in [0.15, 0.2) is 24.8 Å². The van der Waals surface area contributed by atoms with E-state index in [2.05, 4.69) is 17.0 Å². The van der Waals surface area contributed by atoms with Gasteiger partial charge in [0, 0.05) is 44.2 Å². The van der Waals surface area contributed by atoms with Crippen LogP contribution in [-0.2, 0) is 20.0 Å². The molecule has 0 spiro atoms. The molecule has 5 nitrogen and oxygen atoms in total. The Balaban J connectivity index is 2.10. The third-order valence-electron chi connectivity index (χ3n) is 2.63. The second-order valence-corrected chi connectivity index (χ2v) is 3.80. The first-order valence-corrected chi connectivity index (χ1v) is 5.37. The second kappa shape index (κ2) is 4.49. The highest BCUT2D eigenvalue weighted by atomic mass is 16.3. The SMILES string of the molecule is CCn1ccnc1CC(O)c1cnn(C)c1. The molecule has 2 aromatic rings. The van der Waals surface area contributed by atoms with Crippen molar-refractivity contribution < 1.29 is 5.11 Å². The number of aromatic nitrogens is 4. The summed E-state index contributed by atoms with van der Waals surface area (Å²) >= 11 is 0. The highest BCUT2D eigenvalue weighted by Gasteiger charge is 2.13. The van der Waals surface area contributed by atoms with Gasteiger partial charge >= 0.3 is 0 Å². The zero-order valence-electron chi connectivity index (χ0n) is 9.54. The molecular weight excluding hydrogens is 204 g/mol. The first-order chi connectivity index (χ1) is 7.70. The molecule has 1 atom stereocenters. The Kier molecular flexibility index (Phi) is 3.05. The van der Waals surface area contributed by atoms with Crippen molar-refractivity contribution in [1.29, 1.82) is 0 Å². The average Bonchev–Trinajstić information content (AvgIpc) is 2.86. The molecule has 0 aromatic carbocycles. The molecule has 86 valence electrons. The van der Waals surface area contributed by atoms with E-state index in [9.17, 15) is 5.11 Å². The second-order valence-electron chi connectivity index (χ2n) is 3.80. The molecule has 2 aromatic heterocycles. The third kappa shape index (κ3) is 2.14. The quantitative estimate of drug-likeness (QED) is 0.833. The van der Waals surface area contributed by atoms with Crippen LogP contribution in [0.25, 0.3) is 0 Å². The number of hydrogen-bond acceptors (Lipinski definition) is 3. The zero-order valence-corrected chi connectivity index (χ0v) is 9.54. The predicted molar refractivity (Wildman–Crippen MR) is 59.8 cm³/mol. The Bertz CT molecular complexity index is 460. The van der Waals surface area contributed by atoms with Gasteiger partial charge in [0.1, 0.15) is 5.82 Å². The van der Waals surface area contributed by atoms with E-state index >= 15 is 0 Å². The number of nitrogens with zero attached hydrogens (tertiary/aromatic N) is 4. The molecule has 0 aliphatic rings. The summed E-state index contributed by atoms with van der Waals surface area (Å²) in [4.78, 5) is 4.24. The molecule has 1 unspecified atom stereocenters. The van der Waals surface area contributed by atoms with Gasteiger partial charge in [-0.3, -0.25) is 4.68 Å². The standard InChI is InChI=1S/C11H16N4O/c1-3-15-5-4-12-11(15)6-10(16)9-7-13-14(2)8-9/h4-5,7-8,10,16H,3,6H2,1-2H3. The summed E-state index contributed by atoms with van der Waals surface area (Å²) in [7, 11) is 1.84. The van der Waals surface area contributed by atoms with E-state index in [-0.39, 0.29) is 0 Å². The minimum Gasteiger partial charge on any atom is -0.388 e. The number of rotatable bonds is 4. The third-order valence-corrected chi connectivity index (χ3v) is 2.63. The lowest BCUT2D eigenvalue weighted by atomic mass is 10.1. The van der Waals surface area contributed by atoms with Crippen LogP contribution in [0.5, 0.6) is 0 Å². The van der Waals surface area contributed by atoms with Crippen molar-refractivity contribution in [3.8, 4) is 0 Å². The van der Waals surface area contributed by atoms with Crippen LogP contribution in [0.4, 0.5) is 0 Å². The van der Waals surface area contributed by atoms with Crippen LogP contribution in [0.3, 0.4) is 0 Å². The lowest BCUT2D eigenvalue weighted by Gasteiger charge is -2.09. The van der Waals surface area contributed by atoms with Crippen LogP contribution < -0.4 is 0 Å². The van der Waals surface area contributed by atoms with Crippen molar-refractivity contribution in [2.75, 3.05) is 0 Å². The Labute approximate surface area is 94.4 Å². The maximum absolute atomic E-state index is 10.0. The molecule has 0 aliphatic heterocycles. The molecule has 0 fully saturated rings. The number of aryl methyl sites for hydroxylation is 2. The molecule has 0 bridgehead atoms. The Morgan fingerprint density at radius 3 is 2.94 bits per heavy atom. The summed E-state index contributed by atoms with van der Waals surface area (Å²) in [6.07, 6.45) is 7.17. The molecule has 5 heteroatoms. The zero-order chi connectivity index (χ0) is 11.5. The van der Waals surface area contributed by atoms with Gasteiger partial charge in [0.05, 0.1) is 12.3 Å². The number of imidazole rings is 1. The topological polar surface area (TPSA) is 55.9 Å². The Hall–Kier alpha value is -1.62. The molecular formula is C11H16N4O. The minimum atomic E-state index is -0.540. The summed E-state index contributed by atoms with van der Waals surface area (Å²) in [5, 5.41) is 14.1. The highest BCUT2D eigenvalue weighted by Crippen LogP contribution is 2.16. The summed E-state index contributed by atoms with van der Waals surface area (Å²) in [5.41, 5.74) is 0.827. The van der Waals surface area contributed by atoms with Gasteiger partial charge < -0.3 is 9.67 Å². The normalized spacial score (nSPS) is 12.9. The van der Waals surface area contributed by atoms with Gasteiger partial charge in [0.2, 0.25) is 0 Å². The van der Waals surface area contributed by atoms with Crippen LogP contribution in [0.1, 0.15) is 24.4 Å². The molecule has 16 heavy (non-hydrogen) atoms. The van der Waals surface area contributed by atoms with Crippen molar-refractivity contribution in [3.63, 3.8) is 0 Å². The van der Waals surface area contributed by atoms with E-state index in [0.717, 1.165) is 17.9 Å². The maximum atomic E-state index is 10.0. The largest absolute Gasteiger partial charge is 0.388 e. The molecule has 1 N–H and O–H groups in total. The van der Waals surface area contributed by atoms with Crippen molar-refractivity contribution in [2.24, 2.45) is 7.05 Å². The van der Waals surface area contributed by atoms with E-state index in [4.69, 9.17) is 0 Å². The van der Waals surface area contributed by atoms with E-state index in [1.165, 1.54) is 0 Å². The molecule has 2 heterocycles. The van der Waals surface area contributed by atoms with Gasteiger partial charge in [-0.25, -0.2) is 4.98 Å². The molecule has 0 aliphatic carbocycles. The van der Waals surface area contributed by atoms with Crippen LogP contribution >= 0.6 is 0 Å². The van der Waals surface area contributed by atoms with E-state index in [1.54, 1.807) is 17.1 Å². The summed E-state index contributed by atoms with van der Waals surface area (Å²) in [5.74, 6) is 0.902. The predicted octanol–water partition coefficient (Wildman–Crippen LogP) is 0.913. The Morgan fingerprint density at radius 1 is 1.50 bits per heavy atom. The number of aliphatic hydroxyl groups is 1. The fourth-order valence-corrected chi connectivity index (χ4v) is 1.72. The maximum Gasteiger partial charge on any atom is 0.111 e. The minimum absolute atomic E-state index is 0.520. The highest BCUT2D eigenvalue weighted by molar-refractivity contribution is 5.10. The van der Waals surface area contributed by atoms with Crippen LogP contribution in [-0.4, -0.2) is 24.4 Å². The van der Waals surface area contributed by atoms with E-state index in [1.807, 2.05) is 24.0 Å². The molecule has 0 saturated carbocycles. The van der Waals surface area contributed by atoms with Gasteiger partial charge in [-0.2, -0.15) is 5.10 Å². The van der Waals surface area contributed by atoms with Gasteiger partial charge in [-0.1, -0.05) is 0 Å². The van der Waals surface area contributed by atoms with Gasteiger partial charge in [-0.05, 0) is 6.92 Å². The lowest BCUT2D eigenvalue weighted by molar-refractivity contribution is 0.174. The van der Waals surface area contributed by atoms with Crippen molar-refractivity contribution in [1.82, 2.24) is 19.3 Å². The monoisotopic (exact) mass is 220 g/mol. The smallest absolute Gasteiger partial charge is 0.111 e. The van der Waals surface area contributed by atoms with Gasteiger partial charge in [0.15, 0.2) is 0 Å². The molecule has 2 rings (SSSR count). The first-order valence-electron chi connectivity index (χ1n) is 5.37. The van der Waals surface area contributed by atoms with Crippen molar-refractivity contribution >= 4 is 0 Å². The van der Waals surface area contributed by atoms with Crippen LogP contribution in [0.2, 0.25) is 0 Å². The van der Waals surface area contributed by atoms with Gasteiger partial charge in [-0.15, -0.1) is 0 Å². The Morgan fingerprint density at radius 2 is 2.31 bits per heavy atom. The van der Waals surface area contributed by atoms with Gasteiger partial charge in [0.25, 0.3) is 0 Å². The van der Waals surface area contributed by atoms with E-state index in [0.29, 0.717) is 6.42 Å². The summed E-state index contributed by atoms with van der Waals surface area (Å²) in [6, 6.07) is 0. The number of aliphatic hydroxyl groups excluding tert-OH is 1. The fourth-order valence-electron chi connectivity index (χ4n) is 1.72. The number of hydrogen-bond donors (Lipinski definition) is 1. The van der Waals surface area contributed by atoms with E-state index < -0.39 is 6.10 Å². The molecule has 0 amide bonds. The summed E-state index contributed by atoms with van der Waals surface area (Å²) in [6.45, 7) is 2.93. The molecule has 0 radical (unpaired) electrons.